The molecule has 1 aromatic carbocycles. The van der Waals surface area contributed by atoms with Gasteiger partial charge in [-0.25, -0.2) is 0 Å². The number of hydrogen-bond donors (Lipinski definition) is 1. The van der Waals surface area contributed by atoms with E-state index >= 15 is 0 Å². The summed E-state index contributed by atoms with van der Waals surface area (Å²) in [4.78, 5) is 0. The molecule has 1 atom stereocenters. The van der Waals surface area contributed by atoms with Crippen molar-refractivity contribution in [2.24, 2.45) is 0 Å². The molecule has 0 saturated heterocycles. The van der Waals surface area contributed by atoms with E-state index in [9.17, 15) is 18.3 Å². The normalized spacial score (nSPS) is 18.7. The summed E-state index contributed by atoms with van der Waals surface area (Å²) in [6.07, 6.45) is 1.12. The Morgan fingerprint density at radius 1 is 1.24 bits per heavy atom. The maximum Gasteiger partial charge on any atom is 0.416 e. The molecule has 0 bridgehead atoms. The SMILES string of the molecule is Cc1cc(C(F)(F)F)ccc1C(O)CSC1CCCCC1. The first-order chi connectivity index (χ1) is 9.88. The average molecular weight is 318 g/mol. The fraction of sp³-hybridized carbons (Fsp3) is 0.625. The van der Waals surface area contributed by atoms with Gasteiger partial charge >= 0.3 is 6.18 Å². The van der Waals surface area contributed by atoms with Gasteiger partial charge in [0.05, 0.1) is 11.7 Å². The summed E-state index contributed by atoms with van der Waals surface area (Å²) in [5.74, 6) is 0.552. The van der Waals surface area contributed by atoms with Gasteiger partial charge in [-0.2, -0.15) is 24.9 Å². The van der Waals surface area contributed by atoms with Crippen LogP contribution in [0.25, 0.3) is 0 Å². The van der Waals surface area contributed by atoms with Crippen LogP contribution in [0.2, 0.25) is 0 Å². The highest BCUT2D eigenvalue weighted by Crippen LogP contribution is 2.34. The zero-order valence-corrected chi connectivity index (χ0v) is 12.9. The highest BCUT2D eigenvalue weighted by atomic mass is 32.2. The summed E-state index contributed by atoms with van der Waals surface area (Å²) in [6, 6.07) is 3.57. The van der Waals surface area contributed by atoms with Gasteiger partial charge in [0.1, 0.15) is 0 Å². The lowest BCUT2D eigenvalue weighted by molar-refractivity contribution is -0.137. The third-order valence-electron chi connectivity index (χ3n) is 4.00. The van der Waals surface area contributed by atoms with Crippen molar-refractivity contribution in [1.82, 2.24) is 0 Å². The molecule has 1 unspecified atom stereocenters. The minimum Gasteiger partial charge on any atom is -0.388 e. The number of hydrogen-bond acceptors (Lipinski definition) is 2. The Bertz CT molecular complexity index is 467. The second-order valence-electron chi connectivity index (χ2n) is 5.68. The second kappa shape index (κ2) is 7.05. The lowest BCUT2D eigenvalue weighted by atomic mass is 10.0. The summed E-state index contributed by atoms with van der Waals surface area (Å²) >= 11 is 1.75. The molecule has 0 radical (unpaired) electrons. The summed E-state index contributed by atoms with van der Waals surface area (Å²) in [7, 11) is 0. The second-order valence-corrected chi connectivity index (χ2v) is 7.01. The van der Waals surface area contributed by atoms with Crippen molar-refractivity contribution >= 4 is 11.8 Å². The van der Waals surface area contributed by atoms with Crippen LogP contribution in [0.3, 0.4) is 0 Å². The predicted octanol–water partition coefficient (Wildman–Crippen LogP) is 5.11. The van der Waals surface area contributed by atoms with E-state index in [0.29, 0.717) is 22.1 Å². The molecule has 0 aliphatic heterocycles. The van der Waals surface area contributed by atoms with Crippen LogP contribution in [-0.4, -0.2) is 16.1 Å². The molecule has 1 N–H and O–H groups in total. The van der Waals surface area contributed by atoms with E-state index in [0.717, 1.165) is 12.1 Å². The molecule has 1 nitrogen and oxygen atoms in total. The van der Waals surface area contributed by atoms with Crippen molar-refractivity contribution in [3.8, 4) is 0 Å². The van der Waals surface area contributed by atoms with Crippen molar-refractivity contribution in [3.63, 3.8) is 0 Å². The summed E-state index contributed by atoms with van der Waals surface area (Å²) in [5, 5.41) is 10.8. The van der Waals surface area contributed by atoms with Crippen LogP contribution in [0.15, 0.2) is 18.2 Å². The minimum atomic E-state index is -4.33. The van der Waals surface area contributed by atoms with Gasteiger partial charge in [-0.3, -0.25) is 0 Å². The van der Waals surface area contributed by atoms with Crippen LogP contribution in [0.1, 0.15) is 54.9 Å². The standard InChI is InChI=1S/C16H21F3OS/c1-11-9-12(16(17,18)19)7-8-14(11)15(20)10-21-13-5-3-2-4-6-13/h7-9,13,15,20H,2-6,10H2,1H3. The molecule has 0 heterocycles. The molecule has 0 spiro atoms. The third kappa shape index (κ3) is 4.65. The quantitative estimate of drug-likeness (QED) is 0.832. The Morgan fingerprint density at radius 3 is 2.48 bits per heavy atom. The number of benzene rings is 1. The summed E-state index contributed by atoms with van der Waals surface area (Å²) < 4.78 is 37.9. The molecule has 1 aliphatic carbocycles. The summed E-state index contributed by atoms with van der Waals surface area (Å²) in [6.45, 7) is 1.62. The molecule has 5 heteroatoms. The lowest BCUT2D eigenvalue weighted by Crippen LogP contribution is -2.12. The zero-order chi connectivity index (χ0) is 15.5. The van der Waals surface area contributed by atoms with Crippen LogP contribution in [0, 0.1) is 6.92 Å². The largest absolute Gasteiger partial charge is 0.416 e. The molecular formula is C16H21F3OS. The molecule has 2 rings (SSSR count). The van der Waals surface area contributed by atoms with Crippen LogP contribution >= 0.6 is 11.8 Å². The highest BCUT2D eigenvalue weighted by Gasteiger charge is 2.31. The number of alkyl halides is 3. The van der Waals surface area contributed by atoms with Gasteiger partial charge in [-0.1, -0.05) is 25.3 Å². The predicted molar refractivity (Wildman–Crippen MR) is 80.5 cm³/mol. The first-order valence-electron chi connectivity index (χ1n) is 7.35. The van der Waals surface area contributed by atoms with E-state index in [-0.39, 0.29) is 0 Å². The molecule has 1 saturated carbocycles. The third-order valence-corrected chi connectivity index (χ3v) is 5.45. The van der Waals surface area contributed by atoms with Crippen molar-refractivity contribution in [2.75, 3.05) is 5.75 Å². The monoisotopic (exact) mass is 318 g/mol. The topological polar surface area (TPSA) is 20.2 Å². The fourth-order valence-corrected chi connectivity index (χ4v) is 4.08. The molecule has 21 heavy (non-hydrogen) atoms. The first-order valence-corrected chi connectivity index (χ1v) is 8.40. The smallest absolute Gasteiger partial charge is 0.388 e. The van der Waals surface area contributed by atoms with Crippen LogP contribution < -0.4 is 0 Å². The van der Waals surface area contributed by atoms with E-state index < -0.39 is 17.8 Å². The van der Waals surface area contributed by atoms with Gasteiger partial charge in [0.25, 0.3) is 0 Å². The molecule has 118 valence electrons. The summed E-state index contributed by atoms with van der Waals surface area (Å²) in [5.41, 5.74) is 0.448. The Morgan fingerprint density at radius 2 is 1.90 bits per heavy atom. The van der Waals surface area contributed by atoms with Gasteiger partial charge in [-0.05, 0) is 43.0 Å². The molecule has 0 aromatic heterocycles. The Kier molecular flexibility index (Phi) is 5.60. The molecular weight excluding hydrogens is 297 g/mol. The zero-order valence-electron chi connectivity index (χ0n) is 12.1. The van der Waals surface area contributed by atoms with Gasteiger partial charge in [-0.15, -0.1) is 0 Å². The van der Waals surface area contributed by atoms with Gasteiger partial charge in [0.2, 0.25) is 0 Å². The highest BCUT2D eigenvalue weighted by molar-refractivity contribution is 7.99. The van der Waals surface area contributed by atoms with Crippen molar-refractivity contribution in [2.45, 2.75) is 56.6 Å². The number of thioether (sulfide) groups is 1. The van der Waals surface area contributed by atoms with Gasteiger partial charge in [0, 0.05) is 11.0 Å². The lowest BCUT2D eigenvalue weighted by Gasteiger charge is -2.23. The van der Waals surface area contributed by atoms with Crippen molar-refractivity contribution in [3.05, 3.63) is 34.9 Å². The minimum absolute atomic E-state index is 0.501. The first kappa shape index (κ1) is 16.7. The van der Waals surface area contributed by atoms with E-state index in [1.54, 1.807) is 18.7 Å². The number of aryl methyl sites for hydroxylation is 1. The van der Waals surface area contributed by atoms with Crippen LogP contribution in [0.5, 0.6) is 0 Å². The van der Waals surface area contributed by atoms with Crippen molar-refractivity contribution < 1.29 is 18.3 Å². The maximum absolute atomic E-state index is 12.6. The van der Waals surface area contributed by atoms with Gasteiger partial charge in [0.15, 0.2) is 0 Å². The van der Waals surface area contributed by atoms with E-state index in [4.69, 9.17) is 0 Å². The van der Waals surface area contributed by atoms with E-state index in [1.807, 2.05) is 0 Å². The van der Waals surface area contributed by atoms with E-state index in [2.05, 4.69) is 0 Å². The number of aliphatic hydroxyl groups is 1. The Balaban J connectivity index is 1.97. The number of rotatable bonds is 4. The fourth-order valence-electron chi connectivity index (χ4n) is 2.77. The van der Waals surface area contributed by atoms with E-state index in [1.165, 1.54) is 38.2 Å². The molecule has 0 amide bonds. The molecule has 1 aliphatic rings. The average Bonchev–Trinajstić information content (AvgIpc) is 2.45. The molecule has 1 aromatic rings. The Labute approximate surface area is 127 Å². The van der Waals surface area contributed by atoms with Crippen LogP contribution in [0.4, 0.5) is 13.2 Å². The Hall–Kier alpha value is -0.680. The van der Waals surface area contributed by atoms with Gasteiger partial charge < -0.3 is 5.11 Å². The molecule has 1 fully saturated rings. The van der Waals surface area contributed by atoms with Crippen molar-refractivity contribution in [1.29, 1.82) is 0 Å². The maximum atomic E-state index is 12.6. The number of halogens is 3. The van der Waals surface area contributed by atoms with Crippen LogP contribution in [-0.2, 0) is 6.18 Å². The number of aliphatic hydroxyl groups excluding tert-OH is 1.